The van der Waals surface area contributed by atoms with E-state index in [0.717, 1.165) is 19.5 Å². The lowest BCUT2D eigenvalue weighted by Crippen LogP contribution is -2.69. The average Bonchev–Trinajstić information content (AvgIpc) is 2.43. The Morgan fingerprint density at radius 3 is 2.38 bits per heavy atom. The van der Waals surface area contributed by atoms with Crippen molar-refractivity contribution in [2.75, 3.05) is 19.6 Å². The third-order valence-corrected chi connectivity index (χ3v) is 5.56. The first-order valence-electron chi connectivity index (χ1n) is 8.35. The maximum Gasteiger partial charge on any atom is 0.389 e. The van der Waals surface area contributed by atoms with Crippen LogP contribution in [0.1, 0.15) is 65.2 Å². The van der Waals surface area contributed by atoms with Crippen LogP contribution < -0.4 is 5.32 Å². The first-order chi connectivity index (χ1) is 9.79. The van der Waals surface area contributed by atoms with Crippen LogP contribution in [0.25, 0.3) is 0 Å². The minimum atomic E-state index is -4.03. The predicted molar refractivity (Wildman–Crippen MR) is 79.4 cm³/mol. The van der Waals surface area contributed by atoms with E-state index < -0.39 is 12.6 Å². The molecule has 2 fully saturated rings. The summed E-state index contributed by atoms with van der Waals surface area (Å²) in [6.45, 7) is 6.69. The fourth-order valence-corrected chi connectivity index (χ4v) is 3.83. The zero-order valence-corrected chi connectivity index (χ0v) is 13.4. The van der Waals surface area contributed by atoms with Crippen LogP contribution in [-0.4, -0.2) is 41.8 Å². The van der Waals surface area contributed by atoms with Crippen LogP contribution in [0, 0.1) is 0 Å². The van der Waals surface area contributed by atoms with E-state index in [2.05, 4.69) is 24.1 Å². The molecule has 0 radical (unpaired) electrons. The van der Waals surface area contributed by atoms with Gasteiger partial charge in [0.15, 0.2) is 0 Å². The monoisotopic (exact) mass is 306 g/mol. The maximum absolute atomic E-state index is 12.4. The Bertz CT molecular complexity index is 337. The molecule has 0 aromatic heterocycles. The summed E-state index contributed by atoms with van der Waals surface area (Å²) in [7, 11) is 0. The van der Waals surface area contributed by atoms with Crippen LogP contribution in [0.4, 0.5) is 13.2 Å². The highest BCUT2D eigenvalue weighted by atomic mass is 19.4. The van der Waals surface area contributed by atoms with Gasteiger partial charge < -0.3 is 5.32 Å². The topological polar surface area (TPSA) is 15.3 Å². The average molecular weight is 306 g/mol. The summed E-state index contributed by atoms with van der Waals surface area (Å²) in [6.07, 6.45) is 2.62. The molecular weight excluding hydrogens is 277 g/mol. The molecule has 1 spiro atoms. The summed E-state index contributed by atoms with van der Waals surface area (Å²) in [5, 5.41) is 3.75. The third kappa shape index (κ3) is 4.35. The molecule has 1 unspecified atom stereocenters. The fraction of sp³-hybridized carbons (Fsp3) is 1.00. The van der Waals surface area contributed by atoms with Gasteiger partial charge in [0.2, 0.25) is 0 Å². The Hall–Kier alpha value is -0.290. The summed E-state index contributed by atoms with van der Waals surface area (Å²) in [4.78, 5) is 2.33. The number of piperazine rings is 1. The van der Waals surface area contributed by atoms with E-state index in [1.807, 2.05) is 0 Å². The van der Waals surface area contributed by atoms with E-state index in [1.165, 1.54) is 32.1 Å². The van der Waals surface area contributed by atoms with Gasteiger partial charge >= 0.3 is 6.18 Å². The van der Waals surface area contributed by atoms with Crippen molar-refractivity contribution in [1.82, 2.24) is 10.2 Å². The summed E-state index contributed by atoms with van der Waals surface area (Å²) >= 11 is 0. The summed E-state index contributed by atoms with van der Waals surface area (Å²) in [6, 6.07) is 0. The lowest BCUT2D eigenvalue weighted by atomic mass is 9.77. The highest BCUT2D eigenvalue weighted by Gasteiger charge is 2.44. The van der Waals surface area contributed by atoms with Crippen molar-refractivity contribution in [3.63, 3.8) is 0 Å². The molecule has 1 saturated carbocycles. The Labute approximate surface area is 126 Å². The number of halogens is 3. The van der Waals surface area contributed by atoms with Crippen molar-refractivity contribution >= 4 is 0 Å². The molecule has 0 bridgehead atoms. The van der Waals surface area contributed by atoms with Crippen LogP contribution in [0.2, 0.25) is 0 Å². The molecule has 124 valence electrons. The predicted octanol–water partition coefficient (Wildman–Crippen LogP) is 4.11. The van der Waals surface area contributed by atoms with E-state index in [0.29, 0.717) is 6.54 Å². The molecule has 0 amide bonds. The van der Waals surface area contributed by atoms with Crippen LogP contribution >= 0.6 is 0 Å². The molecule has 21 heavy (non-hydrogen) atoms. The second-order valence-corrected chi connectivity index (χ2v) is 7.19. The minimum absolute atomic E-state index is 0.00566. The molecule has 1 N–H and O–H groups in total. The Balaban J connectivity index is 1.98. The van der Waals surface area contributed by atoms with Gasteiger partial charge in [-0.25, -0.2) is 0 Å². The fourth-order valence-electron chi connectivity index (χ4n) is 3.83. The summed E-state index contributed by atoms with van der Waals surface area (Å²) in [5.41, 5.74) is 0.152. The van der Waals surface area contributed by atoms with Crippen LogP contribution in [0.5, 0.6) is 0 Å². The van der Waals surface area contributed by atoms with Crippen molar-refractivity contribution in [3.05, 3.63) is 0 Å². The number of hydrogen-bond acceptors (Lipinski definition) is 2. The Morgan fingerprint density at radius 1 is 1.14 bits per heavy atom. The largest absolute Gasteiger partial charge is 0.389 e. The quantitative estimate of drug-likeness (QED) is 0.841. The highest BCUT2D eigenvalue weighted by molar-refractivity contribution is 5.04. The van der Waals surface area contributed by atoms with E-state index in [4.69, 9.17) is 0 Å². The molecule has 0 aromatic rings. The number of rotatable bonds is 4. The van der Waals surface area contributed by atoms with E-state index in [9.17, 15) is 13.2 Å². The first-order valence-corrected chi connectivity index (χ1v) is 8.35. The van der Waals surface area contributed by atoms with Crippen molar-refractivity contribution in [2.45, 2.75) is 82.5 Å². The molecular formula is C16H29F3N2. The minimum Gasteiger partial charge on any atom is -0.308 e. The van der Waals surface area contributed by atoms with Crippen molar-refractivity contribution in [2.24, 2.45) is 0 Å². The van der Waals surface area contributed by atoms with Gasteiger partial charge in [0.25, 0.3) is 0 Å². The lowest BCUT2D eigenvalue weighted by molar-refractivity contribution is -0.137. The summed E-state index contributed by atoms with van der Waals surface area (Å²) in [5.74, 6) is 0. The standard InChI is InChI=1S/C16H29F3N2/c1-3-14(2)12-20-15(8-5-4-6-9-15)13-21(14)11-7-10-16(17,18)19/h20H,3-13H2,1-2H3. The van der Waals surface area contributed by atoms with Gasteiger partial charge in [-0.15, -0.1) is 0 Å². The van der Waals surface area contributed by atoms with Crippen molar-refractivity contribution < 1.29 is 13.2 Å². The van der Waals surface area contributed by atoms with Crippen molar-refractivity contribution in [1.29, 1.82) is 0 Å². The van der Waals surface area contributed by atoms with Gasteiger partial charge in [0, 0.05) is 30.6 Å². The van der Waals surface area contributed by atoms with Gasteiger partial charge in [0.05, 0.1) is 0 Å². The lowest BCUT2D eigenvalue weighted by Gasteiger charge is -2.54. The smallest absolute Gasteiger partial charge is 0.308 e. The van der Waals surface area contributed by atoms with Gasteiger partial charge in [-0.2, -0.15) is 13.2 Å². The SMILES string of the molecule is CCC1(C)CNC2(CCCCC2)CN1CCCC(F)(F)F. The van der Waals surface area contributed by atoms with Gasteiger partial charge in [-0.1, -0.05) is 26.2 Å². The van der Waals surface area contributed by atoms with Crippen LogP contribution in [0.15, 0.2) is 0 Å². The first kappa shape index (κ1) is 17.1. The maximum atomic E-state index is 12.4. The van der Waals surface area contributed by atoms with Crippen molar-refractivity contribution in [3.8, 4) is 0 Å². The second-order valence-electron chi connectivity index (χ2n) is 7.19. The zero-order valence-electron chi connectivity index (χ0n) is 13.4. The Kier molecular flexibility index (Phi) is 5.24. The second kappa shape index (κ2) is 6.45. The molecule has 1 aliphatic heterocycles. The van der Waals surface area contributed by atoms with Gasteiger partial charge in [-0.05, 0) is 39.2 Å². The van der Waals surface area contributed by atoms with Crippen LogP contribution in [0.3, 0.4) is 0 Å². The molecule has 0 aromatic carbocycles. The number of nitrogens with one attached hydrogen (secondary N) is 1. The molecule has 2 nitrogen and oxygen atoms in total. The zero-order chi connectivity index (χ0) is 15.6. The van der Waals surface area contributed by atoms with E-state index in [1.54, 1.807) is 0 Å². The molecule has 2 rings (SSSR count). The summed E-state index contributed by atoms with van der Waals surface area (Å²) < 4.78 is 37.2. The highest BCUT2D eigenvalue weighted by Crippen LogP contribution is 2.36. The molecule has 2 aliphatic rings. The van der Waals surface area contributed by atoms with E-state index in [-0.39, 0.29) is 17.5 Å². The molecule has 1 aliphatic carbocycles. The number of hydrogen-bond donors (Lipinski definition) is 1. The molecule has 5 heteroatoms. The number of nitrogens with zero attached hydrogens (tertiary/aromatic N) is 1. The Morgan fingerprint density at radius 2 is 1.81 bits per heavy atom. The molecule has 1 heterocycles. The van der Waals surface area contributed by atoms with Crippen LogP contribution in [-0.2, 0) is 0 Å². The van der Waals surface area contributed by atoms with Gasteiger partial charge in [0.1, 0.15) is 0 Å². The van der Waals surface area contributed by atoms with E-state index >= 15 is 0 Å². The molecule has 1 atom stereocenters. The molecule has 1 saturated heterocycles. The third-order valence-electron chi connectivity index (χ3n) is 5.56. The number of alkyl halides is 3. The van der Waals surface area contributed by atoms with Gasteiger partial charge in [-0.3, -0.25) is 4.90 Å². The normalized spacial score (nSPS) is 30.7.